The second-order valence-electron chi connectivity index (χ2n) is 6.25. The molecule has 3 rings (SSSR count). The topological polar surface area (TPSA) is 76.5 Å². The average molecular weight is 360 g/mol. The van der Waals surface area contributed by atoms with Gasteiger partial charge in [-0.15, -0.1) is 0 Å². The zero-order valence-corrected chi connectivity index (χ0v) is 14.5. The average Bonchev–Trinajstić information content (AvgIpc) is 2.64. The minimum atomic E-state index is -0.347. The Balaban J connectivity index is 1.44. The Morgan fingerprint density at radius 1 is 1.31 bits per heavy atom. The van der Waals surface area contributed by atoms with Gasteiger partial charge in [0.15, 0.2) is 6.61 Å². The number of benzene rings is 1. The van der Waals surface area contributed by atoms with Crippen molar-refractivity contribution in [2.75, 3.05) is 24.6 Å². The van der Waals surface area contributed by atoms with Crippen LogP contribution < -0.4 is 20.5 Å². The number of hydrogen-bond acceptors (Lipinski definition) is 5. The molecule has 138 valence electrons. The van der Waals surface area contributed by atoms with Crippen LogP contribution >= 0.6 is 0 Å². The molecule has 2 heterocycles. The number of piperidine rings is 1. The molecule has 2 aromatic rings. The van der Waals surface area contributed by atoms with Crippen LogP contribution in [0.3, 0.4) is 0 Å². The van der Waals surface area contributed by atoms with Crippen molar-refractivity contribution in [1.29, 1.82) is 0 Å². The summed E-state index contributed by atoms with van der Waals surface area (Å²) in [5.74, 6) is -0.0995. The molecule has 0 radical (unpaired) electrons. The Bertz CT molecular complexity index is 814. The summed E-state index contributed by atoms with van der Waals surface area (Å²) in [5, 5.41) is 6.98. The van der Waals surface area contributed by atoms with Crippen LogP contribution in [0.5, 0.6) is 5.75 Å². The van der Waals surface area contributed by atoms with Gasteiger partial charge in [0.1, 0.15) is 11.6 Å². The Kier molecular flexibility index (Phi) is 5.50. The van der Waals surface area contributed by atoms with Gasteiger partial charge in [0.25, 0.3) is 11.5 Å². The van der Waals surface area contributed by atoms with Gasteiger partial charge in [0.2, 0.25) is 0 Å². The molecule has 26 heavy (non-hydrogen) atoms. The highest BCUT2D eigenvalue weighted by molar-refractivity contribution is 5.77. The fourth-order valence-electron chi connectivity index (χ4n) is 2.86. The summed E-state index contributed by atoms with van der Waals surface area (Å²) in [6, 6.07) is 7.18. The van der Waals surface area contributed by atoms with E-state index in [9.17, 15) is 14.0 Å². The van der Waals surface area contributed by atoms with E-state index in [1.807, 2.05) is 0 Å². The van der Waals surface area contributed by atoms with Gasteiger partial charge in [-0.05, 0) is 37.1 Å². The normalized spacial score (nSPS) is 14.9. The lowest BCUT2D eigenvalue weighted by atomic mass is 10.0. The van der Waals surface area contributed by atoms with Gasteiger partial charge >= 0.3 is 0 Å². The second-order valence-corrected chi connectivity index (χ2v) is 6.25. The molecule has 0 aliphatic carbocycles. The number of aromatic nitrogens is 2. The smallest absolute Gasteiger partial charge is 0.268 e. The van der Waals surface area contributed by atoms with Gasteiger partial charge in [0, 0.05) is 32.2 Å². The Morgan fingerprint density at radius 2 is 2.00 bits per heavy atom. The first-order chi connectivity index (χ1) is 12.5. The first kappa shape index (κ1) is 17.9. The van der Waals surface area contributed by atoms with E-state index in [2.05, 4.69) is 15.3 Å². The molecule has 0 spiro atoms. The molecular weight excluding hydrogens is 339 g/mol. The van der Waals surface area contributed by atoms with Gasteiger partial charge in [0.05, 0.1) is 11.9 Å². The fraction of sp³-hybridized carbons (Fsp3) is 0.389. The number of nitrogens with zero attached hydrogens (tertiary/aromatic N) is 3. The van der Waals surface area contributed by atoms with Crippen LogP contribution in [0.25, 0.3) is 0 Å². The van der Waals surface area contributed by atoms with E-state index in [0.717, 1.165) is 31.6 Å². The molecule has 1 saturated heterocycles. The molecule has 1 aliphatic rings. The zero-order chi connectivity index (χ0) is 18.5. The predicted molar refractivity (Wildman–Crippen MR) is 94.8 cm³/mol. The van der Waals surface area contributed by atoms with E-state index in [1.165, 1.54) is 28.9 Å². The number of rotatable bonds is 5. The van der Waals surface area contributed by atoms with Crippen LogP contribution in [-0.4, -0.2) is 41.4 Å². The van der Waals surface area contributed by atoms with Crippen LogP contribution in [0.2, 0.25) is 0 Å². The minimum absolute atomic E-state index is 0.0649. The molecule has 0 saturated carbocycles. The van der Waals surface area contributed by atoms with Crippen LogP contribution in [0.4, 0.5) is 10.1 Å². The Hall–Kier alpha value is -2.90. The number of ether oxygens (including phenoxy) is 1. The van der Waals surface area contributed by atoms with E-state index in [-0.39, 0.29) is 29.9 Å². The molecule has 7 nitrogen and oxygen atoms in total. The summed E-state index contributed by atoms with van der Waals surface area (Å²) < 4.78 is 19.5. The monoisotopic (exact) mass is 360 g/mol. The third-order valence-electron chi connectivity index (χ3n) is 4.36. The highest BCUT2D eigenvalue weighted by Crippen LogP contribution is 2.17. The summed E-state index contributed by atoms with van der Waals surface area (Å²) >= 11 is 0. The fourth-order valence-corrected chi connectivity index (χ4v) is 2.86. The number of aryl methyl sites for hydroxylation is 1. The number of carbonyl (C=O) groups is 1. The molecule has 1 fully saturated rings. The number of carbonyl (C=O) groups excluding carboxylic acids is 1. The lowest BCUT2D eigenvalue weighted by molar-refractivity contribution is -0.123. The van der Waals surface area contributed by atoms with E-state index >= 15 is 0 Å². The number of amides is 1. The third-order valence-corrected chi connectivity index (χ3v) is 4.36. The maximum atomic E-state index is 12.8. The Labute approximate surface area is 150 Å². The maximum absolute atomic E-state index is 12.8. The number of anilines is 1. The van der Waals surface area contributed by atoms with Crippen LogP contribution in [-0.2, 0) is 11.8 Å². The van der Waals surface area contributed by atoms with E-state index < -0.39 is 0 Å². The summed E-state index contributed by atoms with van der Waals surface area (Å²) in [6.07, 6.45) is 3.23. The van der Waals surface area contributed by atoms with Crippen molar-refractivity contribution < 1.29 is 13.9 Å². The number of halogens is 1. The molecule has 0 unspecified atom stereocenters. The zero-order valence-electron chi connectivity index (χ0n) is 14.5. The molecule has 0 atom stereocenters. The van der Waals surface area contributed by atoms with Gasteiger partial charge in [-0.2, -0.15) is 5.10 Å². The summed E-state index contributed by atoms with van der Waals surface area (Å²) in [5.41, 5.74) is 0.661. The standard InChI is InChI=1S/C18H21FN4O3/c1-22-18(25)10-15(11-20-22)23-8-6-14(7-9-23)21-17(24)12-26-16-4-2-13(19)3-5-16/h2-5,10-11,14H,6-9,12H2,1H3,(H,21,24). The van der Waals surface area contributed by atoms with Crippen molar-refractivity contribution in [3.05, 3.63) is 52.7 Å². The first-order valence-electron chi connectivity index (χ1n) is 8.47. The van der Waals surface area contributed by atoms with Crippen molar-refractivity contribution >= 4 is 11.6 Å². The van der Waals surface area contributed by atoms with E-state index in [1.54, 1.807) is 19.3 Å². The molecule has 0 bridgehead atoms. The van der Waals surface area contributed by atoms with Gasteiger partial charge in [-0.1, -0.05) is 0 Å². The number of hydrogen-bond donors (Lipinski definition) is 1. The molecule has 1 aromatic heterocycles. The SMILES string of the molecule is Cn1ncc(N2CCC(NC(=O)COc3ccc(F)cc3)CC2)cc1=O. The molecule has 1 amide bonds. The summed E-state index contributed by atoms with van der Waals surface area (Å²) in [4.78, 5) is 25.8. The Morgan fingerprint density at radius 3 is 2.65 bits per heavy atom. The van der Waals surface area contributed by atoms with Gasteiger partial charge in [-0.25, -0.2) is 9.07 Å². The quantitative estimate of drug-likeness (QED) is 0.864. The summed E-state index contributed by atoms with van der Waals surface area (Å²) in [7, 11) is 1.61. The maximum Gasteiger partial charge on any atom is 0.268 e. The van der Waals surface area contributed by atoms with Gasteiger partial charge in [-0.3, -0.25) is 9.59 Å². The lowest BCUT2D eigenvalue weighted by Gasteiger charge is -2.33. The lowest BCUT2D eigenvalue weighted by Crippen LogP contribution is -2.46. The molecule has 1 aliphatic heterocycles. The van der Waals surface area contributed by atoms with Crippen molar-refractivity contribution in [3.8, 4) is 5.75 Å². The predicted octanol–water partition coefficient (Wildman–Crippen LogP) is 1.08. The number of nitrogens with one attached hydrogen (secondary N) is 1. The van der Waals surface area contributed by atoms with Crippen molar-refractivity contribution in [2.24, 2.45) is 7.05 Å². The van der Waals surface area contributed by atoms with Crippen molar-refractivity contribution in [1.82, 2.24) is 15.1 Å². The second kappa shape index (κ2) is 7.99. The third kappa shape index (κ3) is 4.59. The molecule has 1 aromatic carbocycles. The van der Waals surface area contributed by atoms with E-state index in [0.29, 0.717) is 5.75 Å². The van der Waals surface area contributed by atoms with Crippen LogP contribution in [0, 0.1) is 5.82 Å². The first-order valence-corrected chi connectivity index (χ1v) is 8.47. The van der Waals surface area contributed by atoms with Crippen molar-refractivity contribution in [2.45, 2.75) is 18.9 Å². The largest absolute Gasteiger partial charge is 0.484 e. The van der Waals surface area contributed by atoms with Crippen LogP contribution in [0.15, 0.2) is 41.3 Å². The van der Waals surface area contributed by atoms with Gasteiger partial charge < -0.3 is 15.0 Å². The highest BCUT2D eigenvalue weighted by atomic mass is 19.1. The molecular formula is C18H21FN4O3. The molecule has 8 heteroatoms. The molecule has 1 N–H and O–H groups in total. The minimum Gasteiger partial charge on any atom is -0.484 e. The summed E-state index contributed by atoms with van der Waals surface area (Å²) in [6.45, 7) is 1.36. The van der Waals surface area contributed by atoms with E-state index in [4.69, 9.17) is 4.74 Å². The van der Waals surface area contributed by atoms with Crippen molar-refractivity contribution in [3.63, 3.8) is 0 Å². The van der Waals surface area contributed by atoms with Crippen LogP contribution in [0.1, 0.15) is 12.8 Å². The highest BCUT2D eigenvalue weighted by Gasteiger charge is 2.21.